The van der Waals surface area contributed by atoms with Gasteiger partial charge in [-0.3, -0.25) is 4.79 Å². The van der Waals surface area contributed by atoms with Crippen molar-refractivity contribution >= 4 is 17.4 Å². The van der Waals surface area contributed by atoms with Gasteiger partial charge in [0.1, 0.15) is 5.82 Å². The standard InChI is InChI=1S/C19H21N5O/c1-14-4-3-5-16(10-14)12-23-9-8-22(13-19(23)25)18-11-15(2)21-17-6-7-20-24(17)18/h3-7,10-11H,8-9,12-13H2,1-2H3. The van der Waals surface area contributed by atoms with Crippen LogP contribution in [0.4, 0.5) is 5.82 Å². The molecular weight excluding hydrogens is 314 g/mol. The zero-order valence-corrected chi connectivity index (χ0v) is 14.5. The molecule has 2 aromatic heterocycles. The Morgan fingerprint density at radius 2 is 2.00 bits per heavy atom. The average Bonchev–Trinajstić information content (AvgIpc) is 3.04. The topological polar surface area (TPSA) is 53.7 Å². The number of aryl methyl sites for hydroxylation is 2. The number of hydrogen-bond acceptors (Lipinski definition) is 4. The third-order valence-corrected chi connectivity index (χ3v) is 4.57. The third kappa shape index (κ3) is 3.07. The summed E-state index contributed by atoms with van der Waals surface area (Å²) in [6.45, 7) is 6.56. The molecule has 0 spiro atoms. The molecule has 128 valence electrons. The van der Waals surface area contributed by atoms with E-state index in [9.17, 15) is 4.79 Å². The van der Waals surface area contributed by atoms with Crippen LogP contribution in [0.25, 0.3) is 5.65 Å². The molecule has 6 heteroatoms. The summed E-state index contributed by atoms with van der Waals surface area (Å²) in [5.74, 6) is 1.07. The van der Waals surface area contributed by atoms with Crippen molar-refractivity contribution in [1.82, 2.24) is 19.5 Å². The second-order valence-electron chi connectivity index (χ2n) is 6.58. The van der Waals surface area contributed by atoms with Gasteiger partial charge in [0.2, 0.25) is 5.91 Å². The fraction of sp³-hybridized carbons (Fsp3) is 0.316. The van der Waals surface area contributed by atoms with Crippen molar-refractivity contribution < 1.29 is 4.79 Å². The minimum atomic E-state index is 0.141. The van der Waals surface area contributed by atoms with E-state index in [1.807, 2.05) is 30.0 Å². The van der Waals surface area contributed by atoms with Gasteiger partial charge in [-0.05, 0) is 19.4 Å². The summed E-state index contributed by atoms with van der Waals surface area (Å²) in [7, 11) is 0. The molecule has 0 saturated carbocycles. The molecular formula is C19H21N5O. The molecule has 1 saturated heterocycles. The highest BCUT2D eigenvalue weighted by molar-refractivity contribution is 5.82. The molecule has 3 aromatic rings. The molecule has 0 aliphatic carbocycles. The summed E-state index contributed by atoms with van der Waals surface area (Å²) in [4.78, 5) is 21.2. The largest absolute Gasteiger partial charge is 0.345 e. The molecule has 0 bridgehead atoms. The first-order valence-corrected chi connectivity index (χ1v) is 8.50. The van der Waals surface area contributed by atoms with Gasteiger partial charge in [0.05, 0.1) is 12.7 Å². The van der Waals surface area contributed by atoms with Crippen molar-refractivity contribution in [2.45, 2.75) is 20.4 Å². The fourth-order valence-electron chi connectivity index (χ4n) is 3.35. The SMILES string of the molecule is Cc1cccc(CN2CCN(c3cc(C)nc4ccnn34)CC2=O)c1. The van der Waals surface area contributed by atoms with E-state index in [-0.39, 0.29) is 5.91 Å². The van der Waals surface area contributed by atoms with Gasteiger partial charge in [0.15, 0.2) is 5.65 Å². The number of nitrogens with zero attached hydrogens (tertiary/aromatic N) is 5. The van der Waals surface area contributed by atoms with Gasteiger partial charge in [-0.25, -0.2) is 4.98 Å². The first-order valence-electron chi connectivity index (χ1n) is 8.50. The fourth-order valence-corrected chi connectivity index (χ4v) is 3.35. The highest BCUT2D eigenvalue weighted by Crippen LogP contribution is 2.20. The van der Waals surface area contributed by atoms with Crippen LogP contribution in [0.15, 0.2) is 42.6 Å². The Hall–Kier alpha value is -2.89. The summed E-state index contributed by atoms with van der Waals surface area (Å²) in [5.41, 5.74) is 4.13. The molecule has 4 rings (SSSR count). The van der Waals surface area contributed by atoms with Crippen molar-refractivity contribution in [1.29, 1.82) is 0 Å². The van der Waals surface area contributed by atoms with E-state index in [2.05, 4.69) is 40.1 Å². The Morgan fingerprint density at radius 3 is 2.80 bits per heavy atom. The number of carbonyl (C=O) groups excluding carboxylic acids is 1. The molecule has 1 aliphatic rings. The quantitative estimate of drug-likeness (QED) is 0.736. The summed E-state index contributed by atoms with van der Waals surface area (Å²) in [5, 5.41) is 4.34. The maximum absolute atomic E-state index is 12.7. The minimum absolute atomic E-state index is 0.141. The number of carbonyl (C=O) groups is 1. The molecule has 25 heavy (non-hydrogen) atoms. The molecule has 0 N–H and O–H groups in total. The van der Waals surface area contributed by atoms with E-state index in [0.29, 0.717) is 19.6 Å². The Bertz CT molecular complexity index is 932. The van der Waals surface area contributed by atoms with Crippen LogP contribution >= 0.6 is 0 Å². The van der Waals surface area contributed by atoms with E-state index in [1.165, 1.54) is 11.1 Å². The van der Waals surface area contributed by atoms with E-state index >= 15 is 0 Å². The van der Waals surface area contributed by atoms with Crippen LogP contribution in [0.2, 0.25) is 0 Å². The van der Waals surface area contributed by atoms with Crippen molar-refractivity contribution in [2.24, 2.45) is 0 Å². The summed E-state index contributed by atoms with van der Waals surface area (Å²) < 4.78 is 1.80. The Labute approximate surface area is 146 Å². The maximum atomic E-state index is 12.7. The lowest BCUT2D eigenvalue weighted by molar-refractivity contribution is -0.131. The molecule has 1 fully saturated rings. The first kappa shape index (κ1) is 15.6. The normalized spacial score (nSPS) is 15.2. The predicted octanol–water partition coefficient (Wildman–Crippen LogP) is 2.19. The van der Waals surface area contributed by atoms with Crippen molar-refractivity contribution in [2.75, 3.05) is 24.5 Å². The number of fused-ring (bicyclic) bond motifs is 1. The van der Waals surface area contributed by atoms with Crippen LogP contribution in [0.5, 0.6) is 0 Å². The van der Waals surface area contributed by atoms with Crippen LogP contribution in [0, 0.1) is 13.8 Å². The average molecular weight is 335 g/mol. The maximum Gasteiger partial charge on any atom is 0.242 e. The number of amides is 1. The highest BCUT2D eigenvalue weighted by atomic mass is 16.2. The van der Waals surface area contributed by atoms with Crippen LogP contribution in [0.1, 0.15) is 16.8 Å². The predicted molar refractivity (Wildman–Crippen MR) is 96.5 cm³/mol. The molecule has 3 heterocycles. The Morgan fingerprint density at radius 1 is 1.12 bits per heavy atom. The Kier molecular flexibility index (Phi) is 3.87. The van der Waals surface area contributed by atoms with E-state index in [4.69, 9.17) is 0 Å². The molecule has 1 aliphatic heterocycles. The number of piperazine rings is 1. The Balaban J connectivity index is 1.53. The lowest BCUT2D eigenvalue weighted by Crippen LogP contribution is -2.50. The number of aromatic nitrogens is 3. The molecule has 0 radical (unpaired) electrons. The summed E-state index contributed by atoms with van der Waals surface area (Å²) >= 11 is 0. The van der Waals surface area contributed by atoms with Crippen molar-refractivity contribution in [3.8, 4) is 0 Å². The third-order valence-electron chi connectivity index (χ3n) is 4.57. The first-order chi connectivity index (χ1) is 12.1. The monoisotopic (exact) mass is 335 g/mol. The lowest BCUT2D eigenvalue weighted by Gasteiger charge is -2.35. The number of hydrogen-bond donors (Lipinski definition) is 0. The van der Waals surface area contributed by atoms with E-state index in [0.717, 1.165) is 23.7 Å². The molecule has 0 unspecified atom stereocenters. The number of rotatable bonds is 3. The van der Waals surface area contributed by atoms with Gasteiger partial charge in [-0.2, -0.15) is 9.61 Å². The second-order valence-corrected chi connectivity index (χ2v) is 6.58. The van der Waals surface area contributed by atoms with Crippen LogP contribution in [-0.2, 0) is 11.3 Å². The van der Waals surface area contributed by atoms with Crippen LogP contribution in [-0.4, -0.2) is 45.0 Å². The van der Waals surface area contributed by atoms with Gasteiger partial charge in [-0.15, -0.1) is 0 Å². The van der Waals surface area contributed by atoms with Gasteiger partial charge < -0.3 is 9.80 Å². The van der Waals surface area contributed by atoms with Gasteiger partial charge in [-0.1, -0.05) is 29.8 Å². The summed E-state index contributed by atoms with van der Waals surface area (Å²) in [6, 6.07) is 12.2. The van der Waals surface area contributed by atoms with Crippen molar-refractivity contribution in [3.63, 3.8) is 0 Å². The zero-order chi connectivity index (χ0) is 17.4. The van der Waals surface area contributed by atoms with Gasteiger partial charge in [0.25, 0.3) is 0 Å². The smallest absolute Gasteiger partial charge is 0.242 e. The van der Waals surface area contributed by atoms with Crippen LogP contribution in [0.3, 0.4) is 0 Å². The molecule has 1 aromatic carbocycles. The second kappa shape index (κ2) is 6.20. The zero-order valence-electron chi connectivity index (χ0n) is 14.5. The summed E-state index contributed by atoms with van der Waals surface area (Å²) in [6.07, 6.45) is 1.74. The molecule has 1 amide bonds. The lowest BCUT2D eigenvalue weighted by atomic mass is 10.1. The van der Waals surface area contributed by atoms with Crippen molar-refractivity contribution in [3.05, 3.63) is 59.4 Å². The molecule has 0 atom stereocenters. The van der Waals surface area contributed by atoms with Gasteiger partial charge >= 0.3 is 0 Å². The van der Waals surface area contributed by atoms with Gasteiger partial charge in [0, 0.05) is 37.5 Å². The van der Waals surface area contributed by atoms with E-state index < -0.39 is 0 Å². The number of anilines is 1. The highest BCUT2D eigenvalue weighted by Gasteiger charge is 2.26. The molecule has 6 nitrogen and oxygen atoms in total. The minimum Gasteiger partial charge on any atom is -0.345 e. The van der Waals surface area contributed by atoms with Crippen LogP contribution < -0.4 is 4.90 Å². The number of benzene rings is 1. The van der Waals surface area contributed by atoms with E-state index in [1.54, 1.807) is 10.7 Å².